The van der Waals surface area contributed by atoms with Gasteiger partial charge in [0.25, 0.3) is 10.0 Å². The first-order valence-corrected chi connectivity index (χ1v) is 11.1. The molecule has 1 aromatic carbocycles. The van der Waals surface area contributed by atoms with Crippen molar-refractivity contribution in [1.29, 1.82) is 0 Å². The molecule has 1 aliphatic heterocycles. The van der Waals surface area contributed by atoms with Gasteiger partial charge in [-0.2, -0.15) is 4.31 Å². The van der Waals surface area contributed by atoms with Crippen molar-refractivity contribution in [2.75, 3.05) is 6.54 Å². The van der Waals surface area contributed by atoms with Crippen LogP contribution in [0.3, 0.4) is 0 Å². The highest BCUT2D eigenvalue weighted by molar-refractivity contribution is 9.11. The molecule has 3 rings (SSSR count). The first-order valence-electron chi connectivity index (χ1n) is 8.02. The second kappa shape index (κ2) is 7.57. The van der Waals surface area contributed by atoms with Crippen LogP contribution in [0.2, 0.25) is 0 Å². The Bertz CT molecular complexity index is 852. The van der Waals surface area contributed by atoms with Crippen LogP contribution < -0.4 is 5.32 Å². The van der Waals surface area contributed by atoms with E-state index in [1.165, 1.54) is 4.31 Å². The summed E-state index contributed by atoms with van der Waals surface area (Å²) in [5.74, 6) is -0.243. The predicted molar refractivity (Wildman–Crippen MR) is 102 cm³/mol. The standard InChI is InChI=1S/C17H19BrN2O3S2/c1-12(13-6-3-2-4-7-13)19-17(21)14-8-5-11-20(14)25(22,23)16-10-9-15(18)24-16/h2-4,6-7,9-10,12,14H,5,8,11H2,1H3,(H,19,21). The molecule has 0 spiro atoms. The SMILES string of the molecule is CC(NC(=O)C1CCCN1S(=O)(=O)c1ccc(Br)s1)c1ccccc1. The second-order valence-corrected chi connectivity index (χ2v) is 10.6. The topological polar surface area (TPSA) is 66.5 Å². The van der Waals surface area contributed by atoms with Gasteiger partial charge in [-0.3, -0.25) is 4.79 Å². The Hall–Kier alpha value is -1.22. The number of hydrogen-bond donors (Lipinski definition) is 1. The van der Waals surface area contributed by atoms with Gasteiger partial charge >= 0.3 is 0 Å². The lowest BCUT2D eigenvalue weighted by Gasteiger charge is -2.24. The number of nitrogens with zero attached hydrogens (tertiary/aromatic N) is 1. The lowest BCUT2D eigenvalue weighted by atomic mass is 10.1. The van der Waals surface area contributed by atoms with Gasteiger partial charge in [0.05, 0.1) is 9.83 Å². The van der Waals surface area contributed by atoms with Gasteiger partial charge in [0.15, 0.2) is 0 Å². The lowest BCUT2D eigenvalue weighted by Crippen LogP contribution is -2.46. The number of nitrogens with one attached hydrogen (secondary N) is 1. The summed E-state index contributed by atoms with van der Waals surface area (Å²) in [6, 6.07) is 12.1. The number of benzene rings is 1. The third-order valence-electron chi connectivity index (χ3n) is 4.28. The van der Waals surface area contributed by atoms with Crippen LogP contribution in [0, 0.1) is 0 Å². The van der Waals surface area contributed by atoms with E-state index in [0.29, 0.717) is 19.4 Å². The minimum atomic E-state index is -3.65. The van der Waals surface area contributed by atoms with Gasteiger partial charge in [0, 0.05) is 6.54 Å². The number of rotatable bonds is 5. The summed E-state index contributed by atoms with van der Waals surface area (Å²) in [6.07, 6.45) is 1.22. The summed E-state index contributed by atoms with van der Waals surface area (Å²) < 4.78 is 28.1. The number of carbonyl (C=O) groups excluding carboxylic acids is 1. The molecule has 1 N–H and O–H groups in total. The number of halogens is 1. The predicted octanol–water partition coefficient (Wildman–Crippen LogP) is 3.54. The van der Waals surface area contributed by atoms with Crippen molar-refractivity contribution >= 4 is 43.2 Å². The van der Waals surface area contributed by atoms with E-state index >= 15 is 0 Å². The maximum absolute atomic E-state index is 12.9. The summed E-state index contributed by atoms with van der Waals surface area (Å²) in [5, 5.41) is 2.95. The fourth-order valence-electron chi connectivity index (χ4n) is 2.98. The Morgan fingerprint density at radius 1 is 1.28 bits per heavy atom. The molecule has 0 bridgehead atoms. The van der Waals surface area contributed by atoms with Crippen LogP contribution in [0.15, 0.2) is 50.5 Å². The molecule has 25 heavy (non-hydrogen) atoms. The molecule has 0 aliphatic carbocycles. The van der Waals surface area contributed by atoms with Crippen LogP contribution in [-0.4, -0.2) is 31.2 Å². The smallest absolute Gasteiger partial charge is 0.253 e. The highest BCUT2D eigenvalue weighted by atomic mass is 79.9. The van der Waals surface area contributed by atoms with Crippen molar-refractivity contribution in [1.82, 2.24) is 9.62 Å². The Labute approximate surface area is 160 Å². The zero-order chi connectivity index (χ0) is 18.0. The molecule has 1 aliphatic rings. The van der Waals surface area contributed by atoms with Gasteiger partial charge in [0.1, 0.15) is 10.3 Å². The first-order chi connectivity index (χ1) is 11.9. The van der Waals surface area contributed by atoms with Gasteiger partial charge in [-0.1, -0.05) is 30.3 Å². The van der Waals surface area contributed by atoms with E-state index in [-0.39, 0.29) is 16.2 Å². The lowest BCUT2D eigenvalue weighted by molar-refractivity contribution is -0.124. The molecule has 1 saturated heterocycles. The fraction of sp³-hybridized carbons (Fsp3) is 0.353. The number of amides is 1. The first kappa shape index (κ1) is 18.6. The van der Waals surface area contributed by atoms with E-state index in [1.807, 2.05) is 37.3 Å². The van der Waals surface area contributed by atoms with Gasteiger partial charge in [0.2, 0.25) is 5.91 Å². The number of thiophene rings is 1. The van der Waals surface area contributed by atoms with Crippen LogP contribution in [0.4, 0.5) is 0 Å². The summed E-state index contributed by atoms with van der Waals surface area (Å²) in [4.78, 5) is 12.7. The summed E-state index contributed by atoms with van der Waals surface area (Å²) in [7, 11) is -3.65. The highest BCUT2D eigenvalue weighted by Crippen LogP contribution is 2.32. The number of carbonyl (C=O) groups is 1. The Morgan fingerprint density at radius 3 is 2.64 bits per heavy atom. The number of sulfonamides is 1. The zero-order valence-corrected chi connectivity index (χ0v) is 16.9. The molecule has 2 heterocycles. The average Bonchev–Trinajstić information content (AvgIpc) is 3.25. The summed E-state index contributed by atoms with van der Waals surface area (Å²) >= 11 is 4.45. The molecule has 8 heteroatoms. The molecule has 0 radical (unpaired) electrons. The van der Waals surface area contributed by atoms with E-state index in [9.17, 15) is 13.2 Å². The van der Waals surface area contributed by atoms with Crippen LogP contribution >= 0.6 is 27.3 Å². The molecule has 1 fully saturated rings. The zero-order valence-electron chi connectivity index (χ0n) is 13.7. The maximum atomic E-state index is 12.9. The quantitative estimate of drug-likeness (QED) is 0.769. The normalized spacial score (nSPS) is 19.7. The molecular formula is C17H19BrN2O3S2. The molecular weight excluding hydrogens is 424 g/mol. The van der Waals surface area contributed by atoms with Crippen molar-refractivity contribution in [3.8, 4) is 0 Å². The molecule has 5 nitrogen and oxygen atoms in total. The maximum Gasteiger partial charge on any atom is 0.253 e. The Balaban J connectivity index is 1.76. The molecule has 0 saturated carbocycles. The van der Waals surface area contributed by atoms with E-state index < -0.39 is 16.1 Å². The number of hydrogen-bond acceptors (Lipinski definition) is 4. The largest absolute Gasteiger partial charge is 0.348 e. The van der Waals surface area contributed by atoms with Crippen LogP contribution in [0.1, 0.15) is 31.4 Å². The second-order valence-electron chi connectivity index (χ2n) is 5.97. The van der Waals surface area contributed by atoms with E-state index in [4.69, 9.17) is 0 Å². The van der Waals surface area contributed by atoms with Gasteiger partial charge in [-0.25, -0.2) is 8.42 Å². The molecule has 1 amide bonds. The molecule has 2 aromatic rings. The van der Waals surface area contributed by atoms with Gasteiger partial charge < -0.3 is 5.32 Å². The van der Waals surface area contributed by atoms with Gasteiger partial charge in [-0.15, -0.1) is 11.3 Å². The third-order valence-corrected chi connectivity index (χ3v) is 8.28. The van der Waals surface area contributed by atoms with E-state index in [0.717, 1.165) is 20.7 Å². The average molecular weight is 443 g/mol. The van der Waals surface area contributed by atoms with Crippen molar-refractivity contribution in [2.45, 2.75) is 36.1 Å². The van der Waals surface area contributed by atoms with E-state index in [1.54, 1.807) is 12.1 Å². The van der Waals surface area contributed by atoms with Crippen molar-refractivity contribution in [3.05, 3.63) is 51.8 Å². The summed E-state index contributed by atoms with van der Waals surface area (Å²) in [5.41, 5.74) is 0.991. The molecule has 2 atom stereocenters. The van der Waals surface area contributed by atoms with Crippen LogP contribution in [-0.2, 0) is 14.8 Å². The van der Waals surface area contributed by atoms with E-state index in [2.05, 4.69) is 21.2 Å². The van der Waals surface area contributed by atoms with Crippen LogP contribution in [0.5, 0.6) is 0 Å². The molecule has 134 valence electrons. The van der Waals surface area contributed by atoms with Crippen molar-refractivity contribution < 1.29 is 13.2 Å². The third kappa shape index (κ3) is 3.97. The fourth-order valence-corrected chi connectivity index (χ4v) is 6.77. The van der Waals surface area contributed by atoms with Crippen LogP contribution in [0.25, 0.3) is 0 Å². The monoisotopic (exact) mass is 442 g/mol. The van der Waals surface area contributed by atoms with Crippen molar-refractivity contribution in [2.24, 2.45) is 0 Å². The minimum Gasteiger partial charge on any atom is -0.348 e. The Kier molecular flexibility index (Phi) is 5.62. The highest BCUT2D eigenvalue weighted by Gasteiger charge is 2.40. The minimum absolute atomic E-state index is 0.172. The molecule has 1 aromatic heterocycles. The molecule has 2 unspecified atom stereocenters. The van der Waals surface area contributed by atoms with Crippen molar-refractivity contribution in [3.63, 3.8) is 0 Å². The van der Waals surface area contributed by atoms with Gasteiger partial charge in [-0.05, 0) is 53.4 Å². The Morgan fingerprint density at radius 2 is 2.00 bits per heavy atom. The summed E-state index contributed by atoms with van der Waals surface area (Å²) in [6.45, 7) is 2.27.